The highest BCUT2D eigenvalue weighted by atomic mass is 16.6. The van der Waals surface area contributed by atoms with E-state index in [1.165, 1.54) is 6.92 Å². The molecule has 0 heterocycles. The summed E-state index contributed by atoms with van der Waals surface area (Å²) in [5.41, 5.74) is -1.50. The van der Waals surface area contributed by atoms with E-state index in [0.717, 1.165) is 19.3 Å². The Hall–Kier alpha value is -0.570. The summed E-state index contributed by atoms with van der Waals surface area (Å²) in [6.07, 6.45) is 2.65. The summed E-state index contributed by atoms with van der Waals surface area (Å²) in [5.74, 6) is -0.256. The predicted molar refractivity (Wildman–Crippen MR) is 60.9 cm³/mol. The third-order valence-corrected chi connectivity index (χ3v) is 5.60. The van der Waals surface area contributed by atoms with Gasteiger partial charge in [-0.05, 0) is 38.5 Å². The molecule has 4 atom stereocenters. The first-order valence-corrected chi connectivity index (χ1v) is 6.00. The van der Waals surface area contributed by atoms with Gasteiger partial charge in [-0.3, -0.25) is 4.79 Å². The highest BCUT2D eigenvalue weighted by Gasteiger charge is 2.78. The number of carbonyl (C=O) groups excluding carboxylic acids is 1. The number of fused-ring (bicyclic) bond motifs is 1. The van der Waals surface area contributed by atoms with Crippen LogP contribution in [0.25, 0.3) is 0 Å². The number of hydrogen-bond donors (Lipinski definition) is 1. The first kappa shape index (κ1) is 11.9. The zero-order valence-electron chi connectivity index (χ0n) is 10.9. The largest absolute Gasteiger partial charge is 0.459 e. The third kappa shape index (κ3) is 1.05. The fraction of sp³-hybridized carbons (Fsp3) is 0.923. The van der Waals surface area contributed by atoms with Crippen LogP contribution in [-0.2, 0) is 9.53 Å². The normalized spacial score (nSPS) is 55.4. The topological polar surface area (TPSA) is 46.5 Å². The summed E-state index contributed by atoms with van der Waals surface area (Å²) in [6.45, 7) is 9.52. The van der Waals surface area contributed by atoms with E-state index in [1.54, 1.807) is 0 Å². The molecule has 2 saturated carbocycles. The molecule has 0 aromatic carbocycles. The van der Waals surface area contributed by atoms with E-state index in [4.69, 9.17) is 4.74 Å². The molecule has 2 rings (SSSR count). The highest BCUT2D eigenvalue weighted by Crippen LogP contribution is 2.75. The van der Waals surface area contributed by atoms with E-state index in [9.17, 15) is 9.90 Å². The maximum Gasteiger partial charge on any atom is 0.303 e. The van der Waals surface area contributed by atoms with Crippen LogP contribution in [0.1, 0.15) is 53.9 Å². The Labute approximate surface area is 97.2 Å². The van der Waals surface area contributed by atoms with E-state index in [1.807, 2.05) is 13.8 Å². The fourth-order valence-corrected chi connectivity index (χ4v) is 4.41. The maximum absolute atomic E-state index is 11.2. The Bertz CT molecular complexity index is 336. The fourth-order valence-electron chi connectivity index (χ4n) is 4.41. The summed E-state index contributed by atoms with van der Waals surface area (Å²) in [5, 5.41) is 10.6. The number of hydrogen-bond acceptors (Lipinski definition) is 3. The second-order valence-corrected chi connectivity index (χ2v) is 6.46. The molecule has 2 aliphatic carbocycles. The Morgan fingerprint density at radius 3 is 2.19 bits per heavy atom. The number of carbonyl (C=O) groups is 1. The monoisotopic (exact) mass is 226 g/mol. The summed E-state index contributed by atoms with van der Waals surface area (Å²) in [7, 11) is 0. The quantitative estimate of drug-likeness (QED) is 0.698. The van der Waals surface area contributed by atoms with Gasteiger partial charge >= 0.3 is 5.97 Å². The van der Waals surface area contributed by atoms with Crippen LogP contribution in [0.2, 0.25) is 0 Å². The van der Waals surface area contributed by atoms with Gasteiger partial charge < -0.3 is 9.84 Å². The number of esters is 1. The molecule has 2 aliphatic rings. The molecule has 0 radical (unpaired) electrons. The molecule has 1 unspecified atom stereocenters. The van der Waals surface area contributed by atoms with Crippen LogP contribution in [0.3, 0.4) is 0 Å². The Balaban J connectivity index is 2.39. The van der Waals surface area contributed by atoms with Crippen molar-refractivity contribution in [3.8, 4) is 0 Å². The summed E-state index contributed by atoms with van der Waals surface area (Å²) in [6, 6.07) is 0. The molecule has 0 saturated heterocycles. The van der Waals surface area contributed by atoms with Gasteiger partial charge in [-0.15, -0.1) is 0 Å². The number of rotatable bonds is 1. The summed E-state index contributed by atoms with van der Waals surface area (Å²) < 4.78 is 5.49. The Kier molecular flexibility index (Phi) is 2.09. The average molecular weight is 226 g/mol. The van der Waals surface area contributed by atoms with Gasteiger partial charge in [0.25, 0.3) is 0 Å². The Morgan fingerprint density at radius 2 is 1.75 bits per heavy atom. The van der Waals surface area contributed by atoms with Crippen LogP contribution >= 0.6 is 0 Å². The van der Waals surface area contributed by atoms with Crippen molar-refractivity contribution < 1.29 is 14.6 Å². The molecular weight excluding hydrogens is 204 g/mol. The highest BCUT2D eigenvalue weighted by molar-refractivity contribution is 5.67. The minimum absolute atomic E-state index is 0.0979. The van der Waals surface area contributed by atoms with Crippen molar-refractivity contribution in [1.29, 1.82) is 0 Å². The minimum atomic E-state index is -0.746. The third-order valence-electron chi connectivity index (χ3n) is 5.60. The molecule has 0 spiro atoms. The van der Waals surface area contributed by atoms with Gasteiger partial charge in [-0.2, -0.15) is 0 Å². The van der Waals surface area contributed by atoms with Crippen LogP contribution in [0.5, 0.6) is 0 Å². The smallest absolute Gasteiger partial charge is 0.303 e. The van der Waals surface area contributed by atoms with E-state index in [2.05, 4.69) is 13.8 Å². The van der Waals surface area contributed by atoms with Crippen LogP contribution in [0.15, 0.2) is 0 Å². The standard InChI is InChI=1S/C13H22O3/c1-9(14)16-12(4)8-10(2)6-7-11(3,15)13(10,12)5/h15H,6-8H2,1-5H3/t10-,11+,12-,13?/m1/s1. The first-order valence-electron chi connectivity index (χ1n) is 6.00. The van der Waals surface area contributed by atoms with E-state index >= 15 is 0 Å². The molecule has 0 aromatic heterocycles. The second kappa shape index (κ2) is 2.81. The number of aliphatic hydroxyl groups is 1. The lowest BCUT2D eigenvalue weighted by Gasteiger charge is -2.67. The number of ether oxygens (including phenoxy) is 1. The van der Waals surface area contributed by atoms with Gasteiger partial charge in [-0.25, -0.2) is 0 Å². The van der Waals surface area contributed by atoms with Gasteiger partial charge in [0.05, 0.1) is 5.60 Å². The van der Waals surface area contributed by atoms with Crippen molar-refractivity contribution in [2.45, 2.75) is 65.1 Å². The van der Waals surface area contributed by atoms with Crippen molar-refractivity contribution in [1.82, 2.24) is 0 Å². The first-order chi connectivity index (χ1) is 7.08. The lowest BCUT2D eigenvalue weighted by molar-refractivity contribution is -0.288. The molecule has 92 valence electrons. The van der Waals surface area contributed by atoms with Crippen molar-refractivity contribution in [2.24, 2.45) is 10.8 Å². The molecular formula is C13H22O3. The van der Waals surface area contributed by atoms with Crippen molar-refractivity contribution in [2.75, 3.05) is 0 Å². The van der Waals surface area contributed by atoms with Crippen molar-refractivity contribution in [3.63, 3.8) is 0 Å². The zero-order chi connectivity index (χ0) is 12.4. The summed E-state index contributed by atoms with van der Waals surface area (Å²) >= 11 is 0. The minimum Gasteiger partial charge on any atom is -0.459 e. The van der Waals surface area contributed by atoms with Gasteiger partial charge in [0.2, 0.25) is 0 Å². The van der Waals surface area contributed by atoms with Gasteiger partial charge in [-0.1, -0.05) is 13.8 Å². The zero-order valence-corrected chi connectivity index (χ0v) is 10.9. The molecule has 0 aliphatic heterocycles. The molecule has 0 aromatic rings. The molecule has 1 N–H and O–H groups in total. The van der Waals surface area contributed by atoms with E-state index in [-0.39, 0.29) is 16.8 Å². The van der Waals surface area contributed by atoms with Crippen molar-refractivity contribution >= 4 is 5.97 Å². The van der Waals surface area contributed by atoms with Crippen LogP contribution in [0.4, 0.5) is 0 Å². The second-order valence-electron chi connectivity index (χ2n) is 6.46. The lowest BCUT2D eigenvalue weighted by Crippen LogP contribution is -2.72. The van der Waals surface area contributed by atoms with Gasteiger partial charge in [0.15, 0.2) is 0 Å². The van der Waals surface area contributed by atoms with E-state index < -0.39 is 11.2 Å². The molecule has 3 nitrogen and oxygen atoms in total. The summed E-state index contributed by atoms with van der Waals surface area (Å²) in [4.78, 5) is 11.2. The molecule has 0 amide bonds. The van der Waals surface area contributed by atoms with Crippen LogP contribution in [-0.4, -0.2) is 22.3 Å². The average Bonchev–Trinajstić information content (AvgIpc) is 2.24. The predicted octanol–water partition coefficient (Wildman–Crippen LogP) is 2.27. The Morgan fingerprint density at radius 1 is 1.19 bits per heavy atom. The van der Waals surface area contributed by atoms with Crippen LogP contribution < -0.4 is 0 Å². The van der Waals surface area contributed by atoms with Crippen molar-refractivity contribution in [3.05, 3.63) is 0 Å². The maximum atomic E-state index is 11.2. The lowest BCUT2D eigenvalue weighted by atomic mass is 9.41. The SMILES string of the molecule is CC(=O)O[C@]1(C)C[C@@]2(C)CC[C@](C)(O)C21C. The van der Waals surface area contributed by atoms with Gasteiger partial charge in [0, 0.05) is 12.3 Å². The molecule has 0 bridgehead atoms. The van der Waals surface area contributed by atoms with Gasteiger partial charge in [0.1, 0.15) is 5.60 Å². The molecule has 2 fully saturated rings. The molecule has 16 heavy (non-hydrogen) atoms. The van der Waals surface area contributed by atoms with E-state index in [0.29, 0.717) is 0 Å². The molecule has 3 heteroatoms. The van der Waals surface area contributed by atoms with Crippen LogP contribution in [0, 0.1) is 10.8 Å².